The Morgan fingerprint density at radius 3 is 2.34 bits per heavy atom. The van der Waals surface area contributed by atoms with E-state index in [9.17, 15) is 24.0 Å². The molecule has 1 unspecified atom stereocenters. The second-order valence-electron chi connectivity index (χ2n) is 24.2. The van der Waals surface area contributed by atoms with E-state index in [1.54, 1.807) is 4.68 Å². The lowest BCUT2D eigenvalue weighted by Gasteiger charge is -2.41. The number of pyridine rings is 1. The predicted octanol–water partition coefficient (Wildman–Crippen LogP) is 11.4. The quantitative estimate of drug-likeness (QED) is 0.0532. The molecule has 7 aromatic rings. The lowest BCUT2D eigenvalue weighted by molar-refractivity contribution is -0.134. The summed E-state index contributed by atoms with van der Waals surface area (Å²) >= 11 is 1.45. The number of nitrogens with zero attached hydrogens (tertiary/aromatic N) is 6. The summed E-state index contributed by atoms with van der Waals surface area (Å²) in [4.78, 5) is 81.2. The van der Waals surface area contributed by atoms with E-state index in [1.165, 1.54) is 11.3 Å². The van der Waals surface area contributed by atoms with Crippen LogP contribution in [-0.2, 0) is 44.5 Å². The van der Waals surface area contributed by atoms with Crippen LogP contribution in [0.2, 0.25) is 0 Å². The van der Waals surface area contributed by atoms with Gasteiger partial charge in [0.2, 0.25) is 17.7 Å². The van der Waals surface area contributed by atoms with Crippen LogP contribution in [0.1, 0.15) is 149 Å². The molecule has 0 spiro atoms. The molecule has 80 heavy (non-hydrogen) atoms. The molecule has 6 heterocycles. The summed E-state index contributed by atoms with van der Waals surface area (Å²) in [6.07, 6.45) is 5.15. The molecule has 3 aliphatic heterocycles. The number of esters is 1. The van der Waals surface area contributed by atoms with E-state index in [2.05, 4.69) is 68.7 Å². The maximum atomic E-state index is 14.6. The summed E-state index contributed by atoms with van der Waals surface area (Å²) in [6, 6.07) is 27.4. The number of para-hydroxylation sites is 1. The second kappa shape index (κ2) is 22.2. The topological polar surface area (TPSA) is 190 Å². The summed E-state index contributed by atoms with van der Waals surface area (Å²) in [5, 5.41) is 14.7. The van der Waals surface area contributed by atoms with Crippen molar-refractivity contribution in [1.29, 1.82) is 0 Å². The number of piperidine rings is 2. The number of benzene rings is 4. The van der Waals surface area contributed by atoms with Crippen molar-refractivity contribution in [1.82, 2.24) is 30.0 Å². The largest absolute Gasteiger partial charge is 0.493 e. The van der Waals surface area contributed by atoms with Crippen molar-refractivity contribution in [3.05, 3.63) is 124 Å². The molecule has 3 aliphatic rings. The highest BCUT2D eigenvalue weighted by Gasteiger charge is 2.38. The number of aromatic nitrogens is 4. The van der Waals surface area contributed by atoms with E-state index in [-0.39, 0.29) is 35.7 Å². The van der Waals surface area contributed by atoms with Crippen LogP contribution in [-0.4, -0.2) is 91.6 Å². The number of fused-ring (bicyclic) bond motifs is 3. The van der Waals surface area contributed by atoms with Crippen molar-refractivity contribution in [2.24, 2.45) is 13.0 Å². The van der Waals surface area contributed by atoms with E-state index in [1.807, 2.05) is 121 Å². The number of rotatable bonds is 14. The van der Waals surface area contributed by atoms with Crippen LogP contribution in [0.25, 0.3) is 32.2 Å². The molecule has 2 saturated heterocycles. The predicted molar refractivity (Wildman–Crippen MR) is 315 cm³/mol. The van der Waals surface area contributed by atoms with Gasteiger partial charge in [0, 0.05) is 48.8 Å². The number of imide groups is 1. The van der Waals surface area contributed by atoms with Gasteiger partial charge in [0.25, 0.3) is 5.91 Å². The van der Waals surface area contributed by atoms with Crippen molar-refractivity contribution < 1.29 is 33.4 Å². The van der Waals surface area contributed by atoms with Crippen molar-refractivity contribution in [2.45, 2.75) is 136 Å². The molecule has 3 N–H and O–H groups in total. The monoisotopic (exact) mass is 1100 g/mol. The van der Waals surface area contributed by atoms with E-state index < -0.39 is 28.4 Å². The normalized spacial score (nSPS) is 16.6. The SMILES string of the molecule is Cc1c(OCCCC2CCN(C(C)(C)C(=O)Nc3ccc4c(C5CCC(=O)NC5=O)nn(C)c4c3)CC2)cccc1-c1c(C(C)(C)C)cc(N2CCc3cccc(C(=O)Nc4nc5ccccc5s4)c3C2)nc1C(=O)OC(C)(C)C. The Balaban J connectivity index is 0.800. The molecule has 4 aromatic carbocycles. The molecule has 16 nitrogen and oxygen atoms in total. The van der Waals surface area contributed by atoms with Crippen molar-refractivity contribution >= 4 is 78.7 Å². The van der Waals surface area contributed by atoms with E-state index in [4.69, 9.17) is 14.5 Å². The highest BCUT2D eigenvalue weighted by Crippen LogP contribution is 2.43. The molecular formula is C63H73N9O7S. The molecule has 3 aromatic heterocycles. The number of hydrogen-bond acceptors (Lipinski definition) is 13. The molecule has 4 amide bonds. The van der Waals surface area contributed by atoms with Crippen LogP contribution >= 0.6 is 11.3 Å². The Bertz CT molecular complexity index is 3530. The summed E-state index contributed by atoms with van der Waals surface area (Å²) in [5.41, 5.74) is 7.17. The van der Waals surface area contributed by atoms with Gasteiger partial charge in [-0.1, -0.05) is 68.5 Å². The fraction of sp³-hybridized carbons (Fsp3) is 0.429. The molecular weight excluding hydrogens is 1030 g/mol. The Morgan fingerprint density at radius 2 is 1.60 bits per heavy atom. The molecule has 10 rings (SSSR count). The highest BCUT2D eigenvalue weighted by molar-refractivity contribution is 7.22. The van der Waals surface area contributed by atoms with Gasteiger partial charge in [0.1, 0.15) is 17.2 Å². The van der Waals surface area contributed by atoms with Crippen LogP contribution in [0.15, 0.2) is 84.9 Å². The number of hydrogen-bond donors (Lipinski definition) is 3. The first-order valence-electron chi connectivity index (χ1n) is 27.9. The van der Waals surface area contributed by atoms with E-state index >= 15 is 0 Å². The van der Waals surface area contributed by atoms with Crippen LogP contribution in [0.5, 0.6) is 5.75 Å². The molecule has 0 bridgehead atoms. The molecule has 17 heteroatoms. The van der Waals surface area contributed by atoms with Gasteiger partial charge in [-0.3, -0.25) is 39.4 Å². The zero-order valence-electron chi connectivity index (χ0n) is 47.7. The van der Waals surface area contributed by atoms with Crippen molar-refractivity contribution in [3.8, 4) is 16.9 Å². The molecule has 0 saturated carbocycles. The number of thiazole rings is 1. The Kier molecular flexibility index (Phi) is 15.5. The van der Waals surface area contributed by atoms with Gasteiger partial charge >= 0.3 is 5.97 Å². The molecule has 1 atom stereocenters. The lowest BCUT2D eigenvalue weighted by Crippen LogP contribution is -2.55. The third-order valence-corrected chi connectivity index (χ3v) is 16.9. The summed E-state index contributed by atoms with van der Waals surface area (Å²) in [6.45, 7) is 21.2. The smallest absolute Gasteiger partial charge is 0.358 e. The summed E-state index contributed by atoms with van der Waals surface area (Å²) in [5.74, 6) is -0.0635. The summed E-state index contributed by atoms with van der Waals surface area (Å²) < 4.78 is 15.4. The number of carbonyl (C=O) groups is 5. The number of anilines is 3. The minimum atomic E-state index is -0.780. The minimum absolute atomic E-state index is 0.0969. The Morgan fingerprint density at radius 1 is 0.838 bits per heavy atom. The van der Waals surface area contributed by atoms with Crippen LogP contribution in [0.3, 0.4) is 0 Å². The second-order valence-corrected chi connectivity index (χ2v) is 25.2. The van der Waals surface area contributed by atoms with E-state index in [0.29, 0.717) is 71.9 Å². The maximum absolute atomic E-state index is 14.6. The zero-order chi connectivity index (χ0) is 56.8. The maximum Gasteiger partial charge on any atom is 0.358 e. The van der Waals surface area contributed by atoms with E-state index in [0.717, 1.165) is 93.5 Å². The van der Waals surface area contributed by atoms with Gasteiger partial charge in [-0.15, -0.1) is 0 Å². The Hall–Kier alpha value is -7.50. The number of amides is 4. The average Bonchev–Trinajstić information content (AvgIpc) is 4.04. The molecule has 2 fully saturated rings. The lowest BCUT2D eigenvalue weighted by atomic mass is 9.80. The number of aryl methyl sites for hydroxylation is 1. The third-order valence-electron chi connectivity index (χ3n) is 16.0. The first-order chi connectivity index (χ1) is 38.0. The van der Waals surface area contributed by atoms with Gasteiger partial charge in [-0.2, -0.15) is 5.10 Å². The number of likely N-dealkylation sites (tertiary alicyclic amines) is 1. The van der Waals surface area contributed by atoms with Gasteiger partial charge in [0.15, 0.2) is 10.8 Å². The van der Waals surface area contributed by atoms with Crippen molar-refractivity contribution in [2.75, 3.05) is 41.8 Å². The standard InChI is InChI=1S/C63H73N9O7S/c1-37-41(18-14-21-49(37)78-33-15-16-38-27-31-72(32-28-38)63(8,9)59(77)64-40-23-24-43-48(34-40)70(10)69-54(43)44-25-26-52(73)67-57(44)75)53-46(61(2,3)4)35-51(66-55(53)58(76)79-62(5,6)7)71-30-29-39-17-13-19-42(45(39)36-71)56(74)68-60-65-47-20-11-12-22-50(47)80-60/h11-14,17-24,34-35,38,44H,15-16,25-33,36H2,1-10H3,(H,64,77)(H,65,68,74)(H,67,73,75). The number of nitrogens with one attached hydrogen (secondary N) is 3. The van der Waals surface area contributed by atoms with Gasteiger partial charge in [-0.25, -0.2) is 14.8 Å². The fourth-order valence-corrected chi connectivity index (χ4v) is 12.4. The average molecular weight is 1100 g/mol. The highest BCUT2D eigenvalue weighted by atomic mass is 32.1. The first-order valence-corrected chi connectivity index (χ1v) is 28.7. The first kappa shape index (κ1) is 55.8. The van der Waals surface area contributed by atoms with Gasteiger partial charge in [0.05, 0.1) is 39.5 Å². The van der Waals surface area contributed by atoms with Gasteiger partial charge in [-0.05, 0) is 181 Å². The van der Waals surface area contributed by atoms with Crippen LogP contribution < -0.4 is 25.6 Å². The minimum Gasteiger partial charge on any atom is -0.493 e. The number of ether oxygens (including phenoxy) is 2. The number of carbonyl (C=O) groups excluding carboxylic acids is 5. The third kappa shape index (κ3) is 11.7. The van der Waals surface area contributed by atoms with Crippen LogP contribution in [0.4, 0.5) is 16.6 Å². The fourth-order valence-electron chi connectivity index (χ4n) is 11.5. The summed E-state index contributed by atoms with van der Waals surface area (Å²) in [7, 11) is 1.82. The molecule has 0 aliphatic carbocycles. The Labute approximate surface area is 472 Å². The van der Waals surface area contributed by atoms with Crippen molar-refractivity contribution in [3.63, 3.8) is 0 Å². The zero-order valence-corrected chi connectivity index (χ0v) is 48.5. The molecule has 418 valence electrons. The molecule has 0 radical (unpaired) electrons. The van der Waals surface area contributed by atoms with Gasteiger partial charge < -0.3 is 19.7 Å². The van der Waals surface area contributed by atoms with Crippen LogP contribution in [0, 0.1) is 12.8 Å².